The van der Waals surface area contributed by atoms with Crippen molar-refractivity contribution in [1.82, 2.24) is 4.98 Å². The molecular weight excluding hydrogens is 371 g/mol. The third-order valence-corrected chi connectivity index (χ3v) is 4.53. The number of nitrogens with zero attached hydrogens (tertiary/aromatic N) is 1. The average molecular weight is 392 g/mol. The summed E-state index contributed by atoms with van der Waals surface area (Å²) in [6.07, 6.45) is 1.29. The minimum atomic E-state index is -1.14. The van der Waals surface area contributed by atoms with Crippen LogP contribution in [-0.4, -0.2) is 22.0 Å². The summed E-state index contributed by atoms with van der Waals surface area (Å²) in [4.78, 5) is 27.6. The number of benzene rings is 2. The zero-order chi connectivity index (χ0) is 21.2. The van der Waals surface area contributed by atoms with Gasteiger partial charge in [-0.2, -0.15) is 0 Å². The van der Waals surface area contributed by atoms with Gasteiger partial charge in [-0.15, -0.1) is 0 Å². The second kappa shape index (κ2) is 7.83. The first-order valence-corrected chi connectivity index (χ1v) is 9.06. The molecule has 1 heterocycles. The second-order valence-electron chi connectivity index (χ2n) is 7.71. The lowest BCUT2D eigenvalue weighted by Gasteiger charge is -2.21. The number of rotatable bonds is 4. The number of nitrogens with one attached hydrogen (secondary N) is 1. The molecule has 3 aromatic rings. The number of amides is 1. The van der Waals surface area contributed by atoms with E-state index in [1.807, 2.05) is 12.1 Å². The molecule has 148 valence electrons. The summed E-state index contributed by atoms with van der Waals surface area (Å²) in [7, 11) is 0. The third-order valence-electron chi connectivity index (χ3n) is 4.53. The second-order valence-corrected chi connectivity index (χ2v) is 7.71. The molecule has 0 aliphatic carbocycles. The van der Waals surface area contributed by atoms with Crippen molar-refractivity contribution in [3.05, 3.63) is 83.4 Å². The topological polar surface area (TPSA) is 79.3 Å². The summed E-state index contributed by atoms with van der Waals surface area (Å²) in [5.74, 6) is -1.86. The summed E-state index contributed by atoms with van der Waals surface area (Å²) in [5.41, 5.74) is 3.02. The van der Waals surface area contributed by atoms with Gasteiger partial charge in [-0.25, -0.2) is 14.2 Å². The van der Waals surface area contributed by atoms with Gasteiger partial charge in [-0.1, -0.05) is 39.0 Å². The SMILES string of the molecule is CC(C)(C)c1ccc(C(=O)Nc2ccc(C(=O)O)nc2)c(-c2ccc(F)cc2)c1. The van der Waals surface area contributed by atoms with Crippen molar-refractivity contribution in [2.24, 2.45) is 0 Å². The number of carboxylic acid groups (broad SMARTS) is 1. The number of hydrogen-bond donors (Lipinski definition) is 2. The normalized spacial score (nSPS) is 11.2. The van der Waals surface area contributed by atoms with Crippen LogP contribution in [0.15, 0.2) is 60.8 Å². The fourth-order valence-electron chi connectivity index (χ4n) is 2.87. The Morgan fingerprint density at radius 3 is 2.24 bits per heavy atom. The first-order chi connectivity index (χ1) is 13.6. The number of aromatic nitrogens is 1. The van der Waals surface area contributed by atoms with Crippen molar-refractivity contribution in [1.29, 1.82) is 0 Å². The van der Waals surface area contributed by atoms with Gasteiger partial charge in [0, 0.05) is 5.56 Å². The first-order valence-electron chi connectivity index (χ1n) is 9.06. The van der Waals surface area contributed by atoms with Gasteiger partial charge in [-0.3, -0.25) is 4.79 Å². The molecule has 0 unspecified atom stereocenters. The van der Waals surface area contributed by atoms with Crippen LogP contribution >= 0.6 is 0 Å². The van der Waals surface area contributed by atoms with E-state index in [0.29, 0.717) is 16.8 Å². The number of aromatic carboxylic acids is 1. The van der Waals surface area contributed by atoms with E-state index in [4.69, 9.17) is 5.11 Å². The standard InChI is InChI=1S/C23H21FN2O3/c1-23(2,3)15-6-10-18(19(12-15)14-4-7-16(24)8-5-14)21(27)26-17-9-11-20(22(28)29)25-13-17/h4-13H,1-3H3,(H,26,27)(H,28,29). The fraction of sp³-hybridized carbons (Fsp3) is 0.174. The monoisotopic (exact) mass is 392 g/mol. The number of carbonyl (C=O) groups excluding carboxylic acids is 1. The molecule has 0 bridgehead atoms. The molecule has 0 spiro atoms. The minimum absolute atomic E-state index is 0.107. The van der Waals surface area contributed by atoms with Gasteiger partial charge >= 0.3 is 5.97 Å². The molecule has 3 rings (SSSR count). The number of halogens is 1. The lowest BCUT2D eigenvalue weighted by molar-refractivity contribution is 0.0690. The van der Waals surface area contributed by atoms with E-state index in [1.165, 1.54) is 30.5 Å². The van der Waals surface area contributed by atoms with Crippen LogP contribution in [0.5, 0.6) is 0 Å². The van der Waals surface area contributed by atoms with Crippen molar-refractivity contribution >= 4 is 17.6 Å². The molecule has 2 N–H and O–H groups in total. The Kier molecular flexibility index (Phi) is 5.46. The van der Waals surface area contributed by atoms with Crippen LogP contribution in [-0.2, 0) is 5.41 Å². The summed E-state index contributed by atoms with van der Waals surface area (Å²) in [6.45, 7) is 6.23. The van der Waals surface area contributed by atoms with Gasteiger partial charge in [0.05, 0.1) is 11.9 Å². The maximum atomic E-state index is 13.4. The van der Waals surface area contributed by atoms with E-state index < -0.39 is 5.97 Å². The van der Waals surface area contributed by atoms with Crippen molar-refractivity contribution in [2.75, 3.05) is 5.32 Å². The van der Waals surface area contributed by atoms with E-state index in [-0.39, 0.29) is 22.8 Å². The molecule has 1 aromatic heterocycles. The highest BCUT2D eigenvalue weighted by molar-refractivity contribution is 6.08. The van der Waals surface area contributed by atoms with E-state index >= 15 is 0 Å². The quantitative estimate of drug-likeness (QED) is 0.645. The zero-order valence-corrected chi connectivity index (χ0v) is 16.4. The van der Waals surface area contributed by atoms with E-state index in [1.54, 1.807) is 18.2 Å². The number of anilines is 1. The smallest absolute Gasteiger partial charge is 0.354 e. The number of hydrogen-bond acceptors (Lipinski definition) is 3. The predicted molar refractivity (Wildman–Crippen MR) is 110 cm³/mol. The highest BCUT2D eigenvalue weighted by atomic mass is 19.1. The van der Waals surface area contributed by atoms with Crippen molar-refractivity contribution in [3.8, 4) is 11.1 Å². The largest absolute Gasteiger partial charge is 0.477 e. The fourth-order valence-corrected chi connectivity index (χ4v) is 2.87. The van der Waals surface area contributed by atoms with Crippen LogP contribution in [0.1, 0.15) is 47.2 Å². The molecule has 0 fully saturated rings. The average Bonchev–Trinajstić information content (AvgIpc) is 2.68. The van der Waals surface area contributed by atoms with E-state index in [9.17, 15) is 14.0 Å². The highest BCUT2D eigenvalue weighted by Gasteiger charge is 2.19. The Morgan fingerprint density at radius 1 is 1.00 bits per heavy atom. The van der Waals surface area contributed by atoms with Crippen molar-refractivity contribution < 1.29 is 19.1 Å². The molecule has 0 aliphatic heterocycles. The molecule has 29 heavy (non-hydrogen) atoms. The Bertz CT molecular complexity index is 1050. The molecular formula is C23H21FN2O3. The lowest BCUT2D eigenvalue weighted by Crippen LogP contribution is -2.16. The van der Waals surface area contributed by atoms with Crippen LogP contribution < -0.4 is 5.32 Å². The maximum Gasteiger partial charge on any atom is 0.354 e. The Balaban J connectivity index is 1.99. The van der Waals surface area contributed by atoms with Crippen LogP contribution in [0.3, 0.4) is 0 Å². The van der Waals surface area contributed by atoms with Gasteiger partial charge in [0.15, 0.2) is 0 Å². The molecule has 0 saturated heterocycles. The Labute approximate surface area is 168 Å². The molecule has 0 radical (unpaired) electrons. The number of carboxylic acids is 1. The summed E-state index contributed by atoms with van der Waals surface area (Å²) in [5, 5.41) is 11.7. The van der Waals surface area contributed by atoms with Gasteiger partial charge < -0.3 is 10.4 Å². The first kappa shape index (κ1) is 20.2. The minimum Gasteiger partial charge on any atom is -0.477 e. The predicted octanol–water partition coefficient (Wildman–Crippen LogP) is 5.14. The van der Waals surface area contributed by atoms with E-state index in [0.717, 1.165) is 11.1 Å². The van der Waals surface area contributed by atoms with Crippen LogP contribution in [0.4, 0.5) is 10.1 Å². The van der Waals surface area contributed by atoms with Gasteiger partial charge in [0.25, 0.3) is 5.91 Å². The zero-order valence-electron chi connectivity index (χ0n) is 16.4. The molecule has 1 amide bonds. The van der Waals surface area contributed by atoms with Crippen LogP contribution in [0.2, 0.25) is 0 Å². The van der Waals surface area contributed by atoms with Gasteiger partial charge in [0.2, 0.25) is 0 Å². The molecule has 2 aromatic carbocycles. The van der Waals surface area contributed by atoms with Crippen molar-refractivity contribution in [3.63, 3.8) is 0 Å². The maximum absolute atomic E-state index is 13.4. The number of pyridine rings is 1. The molecule has 0 atom stereocenters. The summed E-state index contributed by atoms with van der Waals surface area (Å²) in [6, 6.07) is 14.4. The number of carbonyl (C=O) groups is 2. The molecule has 0 aliphatic rings. The van der Waals surface area contributed by atoms with Crippen LogP contribution in [0.25, 0.3) is 11.1 Å². The molecule has 5 nitrogen and oxygen atoms in total. The highest BCUT2D eigenvalue weighted by Crippen LogP contribution is 2.31. The Morgan fingerprint density at radius 2 is 1.69 bits per heavy atom. The van der Waals surface area contributed by atoms with Gasteiger partial charge in [-0.05, 0) is 58.5 Å². The van der Waals surface area contributed by atoms with E-state index in [2.05, 4.69) is 31.1 Å². The van der Waals surface area contributed by atoms with Crippen molar-refractivity contribution in [2.45, 2.75) is 26.2 Å². The Hall–Kier alpha value is -3.54. The van der Waals surface area contributed by atoms with Gasteiger partial charge in [0.1, 0.15) is 11.5 Å². The summed E-state index contributed by atoms with van der Waals surface area (Å²) >= 11 is 0. The molecule has 6 heteroatoms. The third kappa shape index (κ3) is 4.66. The molecule has 0 saturated carbocycles. The van der Waals surface area contributed by atoms with Crippen LogP contribution in [0, 0.1) is 5.82 Å². The lowest BCUT2D eigenvalue weighted by atomic mass is 9.84. The summed E-state index contributed by atoms with van der Waals surface area (Å²) < 4.78 is 13.4.